The van der Waals surface area contributed by atoms with Crippen molar-refractivity contribution in [3.8, 4) is 17.6 Å². The highest BCUT2D eigenvalue weighted by atomic mass is 35.5. The highest BCUT2D eigenvalue weighted by Gasteiger charge is 2.61. The first-order valence-corrected chi connectivity index (χ1v) is 22.1. The Bertz CT molecular complexity index is 2640. The average molecular weight is 908 g/mol. The van der Waals surface area contributed by atoms with E-state index in [-0.39, 0.29) is 59.3 Å². The molecule has 5 atom stereocenters. The molecule has 4 aromatic carbocycles. The van der Waals surface area contributed by atoms with Gasteiger partial charge in [0.2, 0.25) is 17.7 Å². The third-order valence-corrected chi connectivity index (χ3v) is 13.2. The van der Waals surface area contributed by atoms with Crippen molar-refractivity contribution >= 4 is 64.1 Å². The van der Waals surface area contributed by atoms with Gasteiger partial charge in [0.25, 0.3) is 11.8 Å². The number of methoxy groups -OCH3 is 1. The smallest absolute Gasteiger partial charge is 0.255 e. The number of anilines is 2. The Labute approximate surface area is 381 Å². The van der Waals surface area contributed by atoms with E-state index in [1.54, 1.807) is 42.5 Å². The van der Waals surface area contributed by atoms with Crippen molar-refractivity contribution in [1.82, 2.24) is 20.9 Å². The summed E-state index contributed by atoms with van der Waals surface area (Å²) in [4.78, 5) is 66.7. The molecule has 0 aromatic heterocycles. The van der Waals surface area contributed by atoms with Crippen LogP contribution < -0.4 is 31.3 Å². The van der Waals surface area contributed by atoms with Gasteiger partial charge in [0, 0.05) is 77.3 Å². The Morgan fingerprint density at radius 3 is 2.59 bits per heavy atom. The molecule has 2 fully saturated rings. The van der Waals surface area contributed by atoms with Gasteiger partial charge in [-0.2, -0.15) is 0 Å². The first kappa shape index (κ1) is 44.7. The number of rotatable bonds is 10. The van der Waals surface area contributed by atoms with Crippen LogP contribution in [0.15, 0.2) is 72.8 Å². The maximum Gasteiger partial charge on any atom is 0.255 e. The lowest BCUT2D eigenvalue weighted by Gasteiger charge is -2.39. The van der Waals surface area contributed by atoms with Gasteiger partial charge in [-0.1, -0.05) is 80.1 Å². The van der Waals surface area contributed by atoms with Crippen LogP contribution in [0.2, 0.25) is 10.0 Å². The van der Waals surface area contributed by atoms with E-state index in [0.717, 1.165) is 16.8 Å². The molecule has 64 heavy (non-hydrogen) atoms. The second kappa shape index (κ2) is 17.9. The number of carbonyl (C=O) groups is 5. The van der Waals surface area contributed by atoms with Crippen molar-refractivity contribution in [3.63, 3.8) is 0 Å². The Kier molecular flexibility index (Phi) is 12.5. The minimum Gasteiger partial charge on any atom is -0.495 e. The van der Waals surface area contributed by atoms with Gasteiger partial charge < -0.3 is 30.9 Å². The molecule has 4 aromatic rings. The van der Waals surface area contributed by atoms with Crippen LogP contribution in [0.25, 0.3) is 0 Å². The number of fused-ring (bicyclic) bond motifs is 3. The van der Waals surface area contributed by atoms with E-state index < -0.39 is 41.0 Å². The summed E-state index contributed by atoms with van der Waals surface area (Å²) in [6, 6.07) is 18.7. The lowest BCUT2D eigenvalue weighted by atomic mass is 9.63. The number of hydrogen-bond donors (Lipinski definition) is 5. The fourth-order valence-electron chi connectivity index (χ4n) is 9.76. The summed E-state index contributed by atoms with van der Waals surface area (Å²) in [7, 11) is 1.45. The Balaban J connectivity index is 0.942. The molecule has 8 rings (SSSR count). The molecular weight excluding hydrogens is 858 g/mol. The lowest BCUT2D eigenvalue weighted by Crippen LogP contribution is -2.52. The number of nitrogens with zero attached hydrogens (tertiary/aromatic N) is 1. The van der Waals surface area contributed by atoms with Crippen molar-refractivity contribution in [3.05, 3.63) is 122 Å². The number of amides is 5. The number of ether oxygens (including phenoxy) is 1. The molecule has 5 amide bonds. The van der Waals surface area contributed by atoms with E-state index >= 15 is 4.39 Å². The van der Waals surface area contributed by atoms with Crippen LogP contribution in [-0.2, 0) is 26.3 Å². The average Bonchev–Trinajstić information content (AvgIpc) is 3.90. The number of carbonyl (C=O) groups excluding carboxylic acids is 5. The summed E-state index contributed by atoms with van der Waals surface area (Å²) in [5.41, 5.74) is 3.77. The van der Waals surface area contributed by atoms with Gasteiger partial charge >= 0.3 is 0 Å². The zero-order chi connectivity index (χ0) is 45.5. The quantitative estimate of drug-likeness (QED) is 0.0630. The number of piperidine rings is 1. The third kappa shape index (κ3) is 8.54. The zero-order valence-electron chi connectivity index (χ0n) is 35.9. The van der Waals surface area contributed by atoms with Gasteiger partial charge in [0.1, 0.15) is 17.6 Å². The Morgan fingerprint density at radius 1 is 1.03 bits per heavy atom. The van der Waals surface area contributed by atoms with E-state index in [9.17, 15) is 24.0 Å². The molecule has 4 aliphatic rings. The van der Waals surface area contributed by atoms with Crippen LogP contribution in [0.1, 0.15) is 102 Å². The monoisotopic (exact) mass is 906 g/mol. The number of hydrogen-bond acceptors (Lipinski definition) is 8. The minimum atomic E-state index is -0.905. The molecule has 0 radical (unpaired) electrons. The molecule has 4 heterocycles. The molecular formula is C49H49Cl2FN6O6. The third-order valence-electron chi connectivity index (χ3n) is 12.7. The summed E-state index contributed by atoms with van der Waals surface area (Å²) >= 11 is 12.8. The zero-order valence-corrected chi connectivity index (χ0v) is 37.4. The second-order valence-corrected chi connectivity index (χ2v) is 18.8. The predicted octanol–water partition coefficient (Wildman–Crippen LogP) is 7.33. The lowest BCUT2D eigenvalue weighted by molar-refractivity contribution is -0.137. The molecule has 332 valence electrons. The largest absolute Gasteiger partial charge is 0.495 e. The van der Waals surface area contributed by atoms with E-state index in [4.69, 9.17) is 27.9 Å². The fraction of sp³-hybridized carbons (Fsp3) is 0.367. The van der Waals surface area contributed by atoms with Crippen LogP contribution >= 0.6 is 23.2 Å². The van der Waals surface area contributed by atoms with Gasteiger partial charge in [-0.05, 0) is 89.9 Å². The maximum atomic E-state index is 16.2. The van der Waals surface area contributed by atoms with Crippen LogP contribution in [0, 0.1) is 23.1 Å². The first-order valence-electron chi connectivity index (χ1n) is 21.4. The predicted molar refractivity (Wildman–Crippen MR) is 243 cm³/mol. The van der Waals surface area contributed by atoms with Crippen LogP contribution in [-0.4, -0.2) is 72.8 Å². The molecule has 0 bridgehead atoms. The van der Waals surface area contributed by atoms with Crippen molar-refractivity contribution in [2.75, 3.05) is 30.8 Å². The number of imide groups is 1. The van der Waals surface area contributed by atoms with Crippen molar-refractivity contribution in [1.29, 1.82) is 0 Å². The highest BCUT2D eigenvalue weighted by molar-refractivity contribution is 6.31. The number of benzene rings is 4. The molecule has 0 saturated carbocycles. The molecule has 2 saturated heterocycles. The molecule has 1 spiro atoms. The van der Waals surface area contributed by atoms with Gasteiger partial charge in [0.15, 0.2) is 0 Å². The Morgan fingerprint density at radius 2 is 1.83 bits per heavy atom. The van der Waals surface area contributed by atoms with Crippen LogP contribution in [0.5, 0.6) is 5.75 Å². The van der Waals surface area contributed by atoms with E-state index in [0.29, 0.717) is 65.3 Å². The first-order chi connectivity index (χ1) is 30.6. The number of halogens is 3. The van der Waals surface area contributed by atoms with E-state index in [2.05, 4.69) is 59.2 Å². The number of unbranched alkanes of at least 4 members (excludes halogenated alkanes) is 1. The van der Waals surface area contributed by atoms with Crippen molar-refractivity contribution in [2.45, 2.75) is 88.9 Å². The van der Waals surface area contributed by atoms with Crippen LogP contribution in [0.3, 0.4) is 0 Å². The molecule has 0 aliphatic carbocycles. The SMILES string of the molecule is COc1cc(C(=O)NCCCC#Cc2cccc3c2CN([C@H]2CCC(=O)NC2=O)C3=O)ccc1NC(=O)[C@@H]1N[C@@H](CC(C)(C)C)[C@@]2(CNc3cc(Cl)ccc32)[C@H]1c1cccc(Cl)c1F. The normalized spacial score (nSPS) is 22.3. The molecule has 5 N–H and O–H groups in total. The summed E-state index contributed by atoms with van der Waals surface area (Å²) in [5, 5.41) is 15.9. The highest BCUT2D eigenvalue weighted by Crippen LogP contribution is 2.56. The topological polar surface area (TPSA) is 158 Å². The van der Waals surface area contributed by atoms with Crippen molar-refractivity contribution < 1.29 is 33.1 Å². The fourth-order valence-corrected chi connectivity index (χ4v) is 10.1. The molecule has 15 heteroatoms. The number of nitrogens with one attached hydrogen (secondary N) is 5. The van der Waals surface area contributed by atoms with Gasteiger partial charge in [0.05, 0.1) is 23.9 Å². The minimum absolute atomic E-state index is 0.0350. The summed E-state index contributed by atoms with van der Waals surface area (Å²) < 4.78 is 21.9. The Hall–Kier alpha value is -5.94. The standard InChI is InChI=1S/C49H49Cl2FN6O6/c1-48(2,3)24-39-49(26-54-36-23-29(50)16-17-33(36)49)41(31-13-9-14-34(51)42(31)52)43(56-39)46(62)55-35-18-15-28(22-38(35)64-4)44(60)53-21-7-5-6-10-27-11-8-12-30-32(27)25-58(47(30)63)37-19-20-40(59)57-45(37)61/h8-9,11-18,22-23,37,39,41,43,54,56H,5,7,19-21,24-26H2,1-4H3,(H,53,60)(H,55,62)(H,57,59,61)/t37-,39-,41-,43+,49-/m0/s1. The van der Waals surface area contributed by atoms with Gasteiger partial charge in [-0.15, -0.1) is 0 Å². The molecule has 4 aliphatic heterocycles. The van der Waals surface area contributed by atoms with E-state index in [1.165, 1.54) is 18.1 Å². The van der Waals surface area contributed by atoms with E-state index in [1.807, 2.05) is 24.3 Å². The summed E-state index contributed by atoms with van der Waals surface area (Å²) in [6.07, 6.45) is 2.14. The molecule has 0 unspecified atom stereocenters. The maximum absolute atomic E-state index is 16.2. The van der Waals surface area contributed by atoms with Crippen molar-refractivity contribution in [2.24, 2.45) is 5.41 Å². The van der Waals surface area contributed by atoms with Gasteiger partial charge in [-0.25, -0.2) is 4.39 Å². The summed E-state index contributed by atoms with van der Waals surface area (Å²) in [5.74, 6) is 3.47. The van der Waals surface area contributed by atoms with Gasteiger partial charge in [-0.3, -0.25) is 29.3 Å². The molecule has 12 nitrogen and oxygen atoms in total. The van der Waals surface area contributed by atoms with Crippen LogP contribution in [0.4, 0.5) is 15.8 Å². The second-order valence-electron chi connectivity index (χ2n) is 18.0. The summed E-state index contributed by atoms with van der Waals surface area (Å²) in [6.45, 7) is 7.40.